The fraction of sp³-hybridized carbons (Fsp3) is 0.714. The lowest BCUT2D eigenvalue weighted by atomic mass is 9.96. The van der Waals surface area contributed by atoms with Crippen molar-refractivity contribution in [3.8, 4) is 0 Å². The SMILES string of the molecule is CCCNc1nc(C(CC)(CC)OC)nc(C)c1Br. The van der Waals surface area contributed by atoms with Crippen LogP contribution in [0.5, 0.6) is 0 Å². The number of hydrogen-bond acceptors (Lipinski definition) is 4. The fourth-order valence-corrected chi connectivity index (χ4v) is 2.39. The molecule has 1 aromatic heterocycles. The molecule has 0 aliphatic heterocycles. The van der Waals surface area contributed by atoms with Crippen LogP contribution in [0.1, 0.15) is 51.6 Å². The highest BCUT2D eigenvalue weighted by molar-refractivity contribution is 9.10. The van der Waals surface area contributed by atoms with E-state index in [1.165, 1.54) is 0 Å². The van der Waals surface area contributed by atoms with E-state index in [1.54, 1.807) is 7.11 Å². The predicted octanol–water partition coefficient (Wildman–Crippen LogP) is 4.03. The summed E-state index contributed by atoms with van der Waals surface area (Å²) in [5, 5.41) is 3.33. The summed E-state index contributed by atoms with van der Waals surface area (Å²) in [6.45, 7) is 9.22. The molecule has 0 saturated carbocycles. The molecule has 0 atom stereocenters. The van der Waals surface area contributed by atoms with Crippen LogP contribution in [0.15, 0.2) is 4.47 Å². The summed E-state index contributed by atoms with van der Waals surface area (Å²) in [7, 11) is 1.73. The van der Waals surface area contributed by atoms with Crippen LogP contribution >= 0.6 is 15.9 Å². The van der Waals surface area contributed by atoms with Crippen LogP contribution in [0.2, 0.25) is 0 Å². The maximum atomic E-state index is 5.71. The van der Waals surface area contributed by atoms with Crippen molar-refractivity contribution in [3.05, 3.63) is 16.0 Å². The third-order valence-electron chi connectivity index (χ3n) is 3.50. The minimum Gasteiger partial charge on any atom is -0.370 e. The van der Waals surface area contributed by atoms with Gasteiger partial charge in [0.25, 0.3) is 0 Å². The zero-order valence-corrected chi connectivity index (χ0v) is 14.1. The van der Waals surface area contributed by atoms with Gasteiger partial charge in [-0.25, -0.2) is 9.97 Å². The van der Waals surface area contributed by atoms with E-state index < -0.39 is 5.60 Å². The zero-order valence-electron chi connectivity index (χ0n) is 12.5. The maximum absolute atomic E-state index is 5.71. The van der Waals surface area contributed by atoms with Gasteiger partial charge in [-0.1, -0.05) is 20.8 Å². The zero-order chi connectivity index (χ0) is 14.5. The Morgan fingerprint density at radius 2 is 1.84 bits per heavy atom. The minimum atomic E-state index is -0.395. The summed E-state index contributed by atoms with van der Waals surface area (Å²) in [6, 6.07) is 0. The molecule has 1 rings (SSSR count). The van der Waals surface area contributed by atoms with Crippen molar-refractivity contribution in [2.24, 2.45) is 0 Å². The lowest BCUT2D eigenvalue weighted by molar-refractivity contribution is -0.0291. The molecule has 4 nitrogen and oxygen atoms in total. The monoisotopic (exact) mass is 329 g/mol. The second-order valence-electron chi connectivity index (χ2n) is 4.63. The Balaban J connectivity index is 3.25. The summed E-state index contributed by atoms with van der Waals surface area (Å²) >= 11 is 3.55. The first-order valence-electron chi connectivity index (χ1n) is 6.88. The number of ether oxygens (including phenoxy) is 1. The molecule has 0 radical (unpaired) electrons. The van der Waals surface area contributed by atoms with Crippen LogP contribution in [0.4, 0.5) is 5.82 Å². The van der Waals surface area contributed by atoms with Gasteiger partial charge >= 0.3 is 0 Å². The molecule has 1 aromatic rings. The average molecular weight is 330 g/mol. The van der Waals surface area contributed by atoms with E-state index in [2.05, 4.69) is 52.0 Å². The number of methoxy groups -OCH3 is 1. The number of hydrogen-bond donors (Lipinski definition) is 1. The number of halogens is 1. The number of anilines is 1. The van der Waals surface area contributed by atoms with Gasteiger partial charge in [-0.15, -0.1) is 0 Å². The maximum Gasteiger partial charge on any atom is 0.162 e. The average Bonchev–Trinajstić information content (AvgIpc) is 2.43. The lowest BCUT2D eigenvalue weighted by Gasteiger charge is -2.29. The van der Waals surface area contributed by atoms with Crippen LogP contribution in [-0.4, -0.2) is 23.6 Å². The largest absolute Gasteiger partial charge is 0.370 e. The van der Waals surface area contributed by atoms with Gasteiger partial charge in [0.05, 0.1) is 10.2 Å². The third-order valence-corrected chi connectivity index (χ3v) is 4.45. The van der Waals surface area contributed by atoms with Crippen LogP contribution < -0.4 is 5.32 Å². The molecule has 0 unspecified atom stereocenters. The van der Waals surface area contributed by atoms with E-state index in [0.29, 0.717) is 0 Å². The van der Waals surface area contributed by atoms with E-state index in [0.717, 1.165) is 47.6 Å². The number of nitrogens with one attached hydrogen (secondary N) is 1. The number of aromatic nitrogens is 2. The Bertz CT molecular complexity index is 411. The molecule has 0 spiro atoms. The van der Waals surface area contributed by atoms with Crippen molar-refractivity contribution in [3.63, 3.8) is 0 Å². The summed E-state index contributed by atoms with van der Waals surface area (Å²) in [5.74, 6) is 1.62. The lowest BCUT2D eigenvalue weighted by Crippen LogP contribution is -2.30. The van der Waals surface area contributed by atoms with Crippen LogP contribution in [0.3, 0.4) is 0 Å². The minimum absolute atomic E-state index is 0.395. The Morgan fingerprint density at radius 3 is 2.32 bits per heavy atom. The highest BCUT2D eigenvalue weighted by atomic mass is 79.9. The van der Waals surface area contributed by atoms with Crippen molar-refractivity contribution < 1.29 is 4.74 Å². The Kier molecular flexibility index (Phi) is 6.20. The summed E-state index contributed by atoms with van der Waals surface area (Å²) in [6.07, 6.45) is 2.77. The summed E-state index contributed by atoms with van der Waals surface area (Å²) < 4.78 is 6.64. The molecule has 5 heteroatoms. The molecule has 108 valence electrons. The smallest absolute Gasteiger partial charge is 0.162 e. The first-order chi connectivity index (χ1) is 9.04. The van der Waals surface area contributed by atoms with Crippen molar-refractivity contribution >= 4 is 21.7 Å². The van der Waals surface area contributed by atoms with Gasteiger partial charge in [0, 0.05) is 13.7 Å². The van der Waals surface area contributed by atoms with Crippen LogP contribution in [0, 0.1) is 6.92 Å². The molecular formula is C14H24BrN3O. The molecule has 0 aromatic carbocycles. The molecule has 0 saturated heterocycles. The van der Waals surface area contributed by atoms with E-state index in [-0.39, 0.29) is 0 Å². The Hall–Kier alpha value is -0.680. The number of nitrogens with zero attached hydrogens (tertiary/aromatic N) is 2. The van der Waals surface area contributed by atoms with Crippen molar-refractivity contribution in [1.82, 2.24) is 9.97 Å². The Labute approximate surface area is 124 Å². The molecule has 0 amide bonds. The molecule has 0 fully saturated rings. The quantitative estimate of drug-likeness (QED) is 0.820. The Morgan fingerprint density at radius 1 is 1.21 bits per heavy atom. The molecule has 1 N–H and O–H groups in total. The van der Waals surface area contributed by atoms with E-state index in [9.17, 15) is 0 Å². The van der Waals surface area contributed by atoms with Gasteiger partial charge in [-0.2, -0.15) is 0 Å². The molecule has 0 bridgehead atoms. The normalized spacial score (nSPS) is 11.7. The topological polar surface area (TPSA) is 47.0 Å². The highest BCUT2D eigenvalue weighted by Crippen LogP contribution is 2.33. The van der Waals surface area contributed by atoms with Crippen molar-refractivity contribution in [2.75, 3.05) is 19.0 Å². The molecular weight excluding hydrogens is 306 g/mol. The first kappa shape index (κ1) is 16.4. The molecule has 0 aliphatic rings. The van der Waals surface area contributed by atoms with E-state index in [1.807, 2.05) is 6.92 Å². The summed E-state index contributed by atoms with van der Waals surface area (Å²) in [5.41, 5.74) is 0.542. The van der Waals surface area contributed by atoms with Gasteiger partial charge in [0.2, 0.25) is 0 Å². The van der Waals surface area contributed by atoms with Crippen molar-refractivity contribution in [2.45, 2.75) is 52.6 Å². The second-order valence-corrected chi connectivity index (χ2v) is 5.42. The van der Waals surface area contributed by atoms with Crippen molar-refractivity contribution in [1.29, 1.82) is 0 Å². The van der Waals surface area contributed by atoms with Gasteiger partial charge < -0.3 is 10.1 Å². The molecule has 0 aliphatic carbocycles. The van der Waals surface area contributed by atoms with Gasteiger partial charge in [0.1, 0.15) is 11.4 Å². The van der Waals surface area contributed by atoms with E-state index >= 15 is 0 Å². The fourth-order valence-electron chi connectivity index (χ4n) is 2.07. The van der Waals surface area contributed by atoms with E-state index in [4.69, 9.17) is 4.74 Å². The second kappa shape index (κ2) is 7.20. The summed E-state index contributed by atoms with van der Waals surface area (Å²) in [4.78, 5) is 9.27. The third kappa shape index (κ3) is 3.45. The number of rotatable bonds is 7. The van der Waals surface area contributed by atoms with Gasteiger partial charge in [-0.3, -0.25) is 0 Å². The first-order valence-corrected chi connectivity index (χ1v) is 7.67. The number of aryl methyl sites for hydroxylation is 1. The van der Waals surface area contributed by atoms with Gasteiger partial charge in [-0.05, 0) is 42.1 Å². The highest BCUT2D eigenvalue weighted by Gasteiger charge is 2.32. The van der Waals surface area contributed by atoms with Gasteiger partial charge in [0.15, 0.2) is 5.82 Å². The predicted molar refractivity (Wildman–Crippen MR) is 82.5 cm³/mol. The molecule has 1 heterocycles. The van der Waals surface area contributed by atoms with Crippen LogP contribution in [-0.2, 0) is 10.3 Å². The molecule has 19 heavy (non-hydrogen) atoms. The van der Waals surface area contributed by atoms with Crippen LogP contribution in [0.25, 0.3) is 0 Å². The standard InChI is InChI=1S/C14H24BrN3O/c1-6-9-16-12-11(15)10(4)17-13(18-12)14(7-2,8-3)19-5/h6-9H2,1-5H3,(H,16,17,18).